The number of anilines is 2. The van der Waals surface area contributed by atoms with Crippen LogP contribution in [0.1, 0.15) is 10.5 Å². The molecule has 0 radical (unpaired) electrons. The Morgan fingerprint density at radius 3 is 2.88 bits per heavy atom. The highest BCUT2D eigenvalue weighted by atomic mass is 35.5. The number of carbonyl (C=O) groups is 1. The Bertz CT molecular complexity index is 564. The first-order chi connectivity index (χ1) is 8.06. The van der Waals surface area contributed by atoms with Gasteiger partial charge in [0, 0.05) is 24.5 Å². The monoisotopic (exact) mass is 250 g/mol. The zero-order valence-electron chi connectivity index (χ0n) is 9.14. The minimum atomic E-state index is -0.279. The number of rotatable bonds is 2. The number of nitrogens with two attached hydrogens (primary N) is 1. The first-order valence-electron chi connectivity index (χ1n) is 4.91. The van der Waals surface area contributed by atoms with Gasteiger partial charge in [-0.1, -0.05) is 11.6 Å². The molecule has 6 heteroatoms. The number of amides is 1. The van der Waals surface area contributed by atoms with Gasteiger partial charge in [-0.3, -0.25) is 4.79 Å². The predicted molar refractivity (Wildman–Crippen MR) is 67.0 cm³/mol. The Hall–Kier alpha value is -2.01. The van der Waals surface area contributed by atoms with Crippen molar-refractivity contribution in [3.63, 3.8) is 0 Å². The summed E-state index contributed by atoms with van der Waals surface area (Å²) in [6.45, 7) is 0. The number of hydrogen-bond acceptors (Lipinski definition) is 3. The van der Waals surface area contributed by atoms with Crippen molar-refractivity contribution < 1.29 is 4.79 Å². The van der Waals surface area contributed by atoms with Gasteiger partial charge in [0.25, 0.3) is 5.91 Å². The van der Waals surface area contributed by atoms with Crippen LogP contribution in [-0.4, -0.2) is 15.5 Å². The SMILES string of the molecule is Cn1cc(N)cc1C(=O)Nc1cc(Cl)ccn1. The van der Waals surface area contributed by atoms with Crippen LogP contribution in [0.3, 0.4) is 0 Å². The lowest BCUT2D eigenvalue weighted by Crippen LogP contribution is -2.16. The molecule has 0 aliphatic carbocycles. The van der Waals surface area contributed by atoms with E-state index in [1.54, 1.807) is 36.0 Å². The van der Waals surface area contributed by atoms with Crippen LogP contribution in [0.4, 0.5) is 11.5 Å². The van der Waals surface area contributed by atoms with Crippen LogP contribution >= 0.6 is 11.6 Å². The Kier molecular flexibility index (Phi) is 3.01. The van der Waals surface area contributed by atoms with E-state index in [0.29, 0.717) is 22.2 Å². The predicted octanol–water partition coefficient (Wildman–Crippen LogP) is 1.91. The highest BCUT2D eigenvalue weighted by Gasteiger charge is 2.11. The van der Waals surface area contributed by atoms with E-state index in [1.807, 2.05) is 0 Å². The summed E-state index contributed by atoms with van der Waals surface area (Å²) in [5.74, 6) is 0.126. The van der Waals surface area contributed by atoms with E-state index in [-0.39, 0.29) is 5.91 Å². The first-order valence-corrected chi connectivity index (χ1v) is 5.29. The van der Waals surface area contributed by atoms with Crippen molar-refractivity contribution in [3.8, 4) is 0 Å². The van der Waals surface area contributed by atoms with Gasteiger partial charge in [0.05, 0.1) is 5.69 Å². The molecular weight excluding hydrogens is 240 g/mol. The normalized spacial score (nSPS) is 10.2. The molecule has 5 nitrogen and oxygen atoms in total. The van der Waals surface area contributed by atoms with E-state index < -0.39 is 0 Å². The summed E-state index contributed by atoms with van der Waals surface area (Å²) in [6, 6.07) is 4.81. The zero-order valence-corrected chi connectivity index (χ0v) is 9.90. The van der Waals surface area contributed by atoms with E-state index >= 15 is 0 Å². The second-order valence-electron chi connectivity index (χ2n) is 3.58. The minimum Gasteiger partial charge on any atom is -0.397 e. The molecule has 0 unspecified atom stereocenters. The van der Waals surface area contributed by atoms with E-state index in [1.165, 1.54) is 6.20 Å². The van der Waals surface area contributed by atoms with Crippen LogP contribution in [0.2, 0.25) is 5.02 Å². The molecule has 2 heterocycles. The second kappa shape index (κ2) is 4.47. The fourth-order valence-electron chi connectivity index (χ4n) is 1.47. The average Bonchev–Trinajstić information content (AvgIpc) is 2.58. The van der Waals surface area contributed by atoms with E-state index in [0.717, 1.165) is 0 Å². The third-order valence-corrected chi connectivity index (χ3v) is 2.46. The third kappa shape index (κ3) is 2.57. The van der Waals surface area contributed by atoms with Gasteiger partial charge in [-0.05, 0) is 18.2 Å². The first kappa shape index (κ1) is 11.5. The number of carbonyl (C=O) groups excluding carboxylic acids is 1. The standard InChI is InChI=1S/C11H11ClN4O/c1-16-6-8(13)5-9(16)11(17)15-10-4-7(12)2-3-14-10/h2-6H,13H2,1H3,(H,14,15,17). The molecule has 0 fully saturated rings. The lowest BCUT2D eigenvalue weighted by Gasteiger charge is -2.05. The molecule has 0 aliphatic heterocycles. The molecule has 0 saturated heterocycles. The number of nitrogen functional groups attached to an aromatic ring is 1. The molecule has 0 aromatic carbocycles. The number of aromatic nitrogens is 2. The van der Waals surface area contributed by atoms with Crippen LogP contribution in [0, 0.1) is 0 Å². The van der Waals surface area contributed by atoms with Crippen molar-refractivity contribution in [1.29, 1.82) is 0 Å². The lowest BCUT2D eigenvalue weighted by atomic mass is 10.3. The van der Waals surface area contributed by atoms with Crippen molar-refractivity contribution in [3.05, 3.63) is 41.3 Å². The van der Waals surface area contributed by atoms with Crippen LogP contribution in [0.15, 0.2) is 30.6 Å². The number of nitrogens with one attached hydrogen (secondary N) is 1. The van der Waals surface area contributed by atoms with Crippen molar-refractivity contribution in [1.82, 2.24) is 9.55 Å². The van der Waals surface area contributed by atoms with Crippen LogP contribution < -0.4 is 11.1 Å². The molecule has 2 aromatic rings. The Morgan fingerprint density at radius 1 is 1.53 bits per heavy atom. The van der Waals surface area contributed by atoms with E-state index in [4.69, 9.17) is 17.3 Å². The molecule has 2 aromatic heterocycles. The van der Waals surface area contributed by atoms with Crippen molar-refractivity contribution in [2.45, 2.75) is 0 Å². The Morgan fingerprint density at radius 2 is 2.29 bits per heavy atom. The maximum absolute atomic E-state index is 11.9. The average molecular weight is 251 g/mol. The van der Waals surface area contributed by atoms with Gasteiger partial charge < -0.3 is 15.6 Å². The maximum Gasteiger partial charge on any atom is 0.273 e. The van der Waals surface area contributed by atoms with Crippen LogP contribution in [0.25, 0.3) is 0 Å². The topological polar surface area (TPSA) is 72.9 Å². The third-order valence-electron chi connectivity index (χ3n) is 2.22. The molecular formula is C11H11ClN4O. The molecule has 0 atom stereocenters. The van der Waals surface area contributed by atoms with Gasteiger partial charge in [-0.25, -0.2) is 4.98 Å². The summed E-state index contributed by atoms with van der Waals surface area (Å²) in [7, 11) is 1.75. The lowest BCUT2D eigenvalue weighted by molar-refractivity contribution is 0.101. The van der Waals surface area contributed by atoms with Gasteiger partial charge in [0.15, 0.2) is 0 Å². The Labute approximate surface area is 103 Å². The molecule has 0 saturated carbocycles. The zero-order chi connectivity index (χ0) is 12.4. The molecule has 3 N–H and O–H groups in total. The summed E-state index contributed by atoms with van der Waals surface area (Å²) in [5, 5.41) is 3.16. The highest BCUT2D eigenvalue weighted by Crippen LogP contribution is 2.14. The van der Waals surface area contributed by atoms with Crippen LogP contribution in [-0.2, 0) is 7.05 Å². The van der Waals surface area contributed by atoms with Gasteiger partial charge in [0.2, 0.25) is 0 Å². The quantitative estimate of drug-likeness (QED) is 0.855. The summed E-state index contributed by atoms with van der Waals surface area (Å²) < 4.78 is 1.65. The van der Waals surface area contributed by atoms with Crippen LogP contribution in [0.5, 0.6) is 0 Å². The second-order valence-corrected chi connectivity index (χ2v) is 4.02. The largest absolute Gasteiger partial charge is 0.397 e. The maximum atomic E-state index is 11.9. The van der Waals surface area contributed by atoms with E-state index in [2.05, 4.69) is 10.3 Å². The number of halogens is 1. The summed E-state index contributed by atoms with van der Waals surface area (Å²) in [6.07, 6.45) is 3.19. The van der Waals surface area contributed by atoms with Crippen molar-refractivity contribution in [2.75, 3.05) is 11.1 Å². The summed E-state index contributed by atoms with van der Waals surface area (Å²) in [4.78, 5) is 15.9. The molecule has 2 rings (SSSR count). The van der Waals surface area contributed by atoms with Gasteiger partial charge in [-0.2, -0.15) is 0 Å². The molecule has 1 amide bonds. The highest BCUT2D eigenvalue weighted by molar-refractivity contribution is 6.30. The van der Waals surface area contributed by atoms with Gasteiger partial charge in [-0.15, -0.1) is 0 Å². The smallest absolute Gasteiger partial charge is 0.273 e. The molecule has 0 spiro atoms. The Balaban J connectivity index is 2.20. The van der Waals surface area contributed by atoms with Crippen molar-refractivity contribution in [2.24, 2.45) is 7.05 Å². The fraction of sp³-hybridized carbons (Fsp3) is 0.0909. The number of aryl methyl sites for hydroxylation is 1. The van der Waals surface area contributed by atoms with Gasteiger partial charge >= 0.3 is 0 Å². The molecule has 17 heavy (non-hydrogen) atoms. The van der Waals surface area contributed by atoms with Crippen molar-refractivity contribution >= 4 is 29.0 Å². The number of pyridine rings is 1. The molecule has 0 bridgehead atoms. The fourth-order valence-corrected chi connectivity index (χ4v) is 1.63. The molecule has 0 aliphatic rings. The number of nitrogens with zero attached hydrogens (tertiary/aromatic N) is 2. The minimum absolute atomic E-state index is 0.279. The molecule has 88 valence electrons. The number of hydrogen-bond donors (Lipinski definition) is 2. The summed E-state index contributed by atoms with van der Waals surface area (Å²) >= 11 is 5.79. The van der Waals surface area contributed by atoms with E-state index in [9.17, 15) is 4.79 Å². The summed E-state index contributed by atoms with van der Waals surface area (Å²) in [5.41, 5.74) is 6.60. The van der Waals surface area contributed by atoms with Gasteiger partial charge in [0.1, 0.15) is 11.5 Å².